The van der Waals surface area contributed by atoms with Crippen molar-refractivity contribution in [1.29, 1.82) is 0 Å². The Morgan fingerprint density at radius 3 is 2.60 bits per heavy atom. The number of halogens is 1. The Morgan fingerprint density at radius 1 is 1.20 bits per heavy atom. The molecule has 1 aromatic heterocycles. The number of rotatable bonds is 4. The molecule has 3 aromatic rings. The van der Waals surface area contributed by atoms with Crippen molar-refractivity contribution >= 4 is 37.3 Å². The van der Waals surface area contributed by atoms with E-state index >= 15 is 0 Å². The molecule has 0 saturated heterocycles. The molecule has 0 aliphatic heterocycles. The zero-order valence-corrected chi connectivity index (χ0v) is 15.0. The average molecular weight is 378 g/mol. The van der Waals surface area contributed by atoms with Crippen molar-refractivity contribution in [2.24, 2.45) is 4.99 Å². The van der Waals surface area contributed by atoms with Crippen LogP contribution < -0.4 is 4.80 Å². The summed E-state index contributed by atoms with van der Waals surface area (Å²) in [6.45, 7) is 2.41. The SMILES string of the molecule is CCn1c(=NC(=O)CS(=O)(=O)c2ccccc2)sc2cc(F)ccc21. The third-order valence-corrected chi connectivity index (χ3v) is 6.26. The van der Waals surface area contributed by atoms with Crippen LogP contribution in [0.5, 0.6) is 0 Å². The summed E-state index contributed by atoms with van der Waals surface area (Å²) in [5.74, 6) is -1.83. The van der Waals surface area contributed by atoms with E-state index in [1.54, 1.807) is 28.8 Å². The van der Waals surface area contributed by atoms with Crippen LogP contribution in [0, 0.1) is 5.82 Å². The van der Waals surface area contributed by atoms with E-state index in [9.17, 15) is 17.6 Å². The third-order valence-electron chi connectivity index (χ3n) is 3.60. The van der Waals surface area contributed by atoms with E-state index in [1.165, 1.54) is 24.3 Å². The highest BCUT2D eigenvalue weighted by molar-refractivity contribution is 7.92. The summed E-state index contributed by atoms with van der Waals surface area (Å²) in [5.41, 5.74) is 0.756. The van der Waals surface area contributed by atoms with Crippen LogP contribution in [0.2, 0.25) is 0 Å². The lowest BCUT2D eigenvalue weighted by Crippen LogP contribution is -2.20. The lowest BCUT2D eigenvalue weighted by Gasteiger charge is -2.02. The maximum Gasteiger partial charge on any atom is 0.263 e. The fourth-order valence-electron chi connectivity index (χ4n) is 2.45. The molecule has 0 aliphatic rings. The lowest BCUT2D eigenvalue weighted by molar-refractivity contribution is -0.115. The second kappa shape index (κ2) is 6.89. The molecule has 0 saturated carbocycles. The standard InChI is InChI=1S/C17H15FN2O3S2/c1-2-20-14-9-8-12(18)10-15(14)24-17(20)19-16(21)11-25(22,23)13-6-4-3-5-7-13/h3-10H,2,11H2,1H3. The van der Waals surface area contributed by atoms with Crippen LogP contribution in [-0.4, -0.2) is 24.6 Å². The normalized spacial score (nSPS) is 12.6. The minimum Gasteiger partial charge on any atom is -0.317 e. The number of carbonyl (C=O) groups excluding carboxylic acids is 1. The van der Waals surface area contributed by atoms with Crippen LogP contribution in [0.1, 0.15) is 6.92 Å². The monoisotopic (exact) mass is 378 g/mol. The Labute approximate surface area is 148 Å². The van der Waals surface area contributed by atoms with Gasteiger partial charge in [-0.15, -0.1) is 0 Å². The van der Waals surface area contributed by atoms with E-state index in [1.807, 2.05) is 6.92 Å². The van der Waals surface area contributed by atoms with Gasteiger partial charge >= 0.3 is 0 Å². The van der Waals surface area contributed by atoms with Crippen LogP contribution in [0.15, 0.2) is 58.4 Å². The van der Waals surface area contributed by atoms with E-state index in [0.717, 1.165) is 16.9 Å². The van der Waals surface area contributed by atoms with E-state index in [2.05, 4.69) is 4.99 Å². The molecule has 0 fully saturated rings. The Kier molecular flexibility index (Phi) is 4.82. The molecule has 1 amide bonds. The Balaban J connectivity index is 1.98. The van der Waals surface area contributed by atoms with Gasteiger partial charge in [-0.25, -0.2) is 12.8 Å². The van der Waals surface area contributed by atoms with E-state index in [-0.39, 0.29) is 10.7 Å². The largest absolute Gasteiger partial charge is 0.317 e. The molecular formula is C17H15FN2O3S2. The number of nitrogens with zero attached hydrogens (tertiary/aromatic N) is 2. The summed E-state index contributed by atoms with van der Waals surface area (Å²) >= 11 is 1.15. The molecule has 0 unspecified atom stereocenters. The number of carbonyl (C=O) groups is 1. The molecule has 8 heteroatoms. The van der Waals surface area contributed by atoms with Crippen molar-refractivity contribution in [2.45, 2.75) is 18.4 Å². The first-order valence-corrected chi connectivity index (χ1v) is 10.0. The van der Waals surface area contributed by atoms with Gasteiger partial charge in [-0.1, -0.05) is 29.5 Å². The highest BCUT2D eigenvalue weighted by atomic mass is 32.2. The Bertz CT molecular complexity index is 1100. The second-order valence-electron chi connectivity index (χ2n) is 5.32. The summed E-state index contributed by atoms with van der Waals surface area (Å²) in [6.07, 6.45) is 0. The van der Waals surface area contributed by atoms with Crippen molar-refractivity contribution in [3.63, 3.8) is 0 Å². The van der Waals surface area contributed by atoms with Crippen molar-refractivity contribution in [3.05, 3.63) is 59.1 Å². The first kappa shape index (κ1) is 17.5. The second-order valence-corrected chi connectivity index (χ2v) is 8.32. The fourth-order valence-corrected chi connectivity index (χ4v) is 4.71. The van der Waals surface area contributed by atoms with E-state index in [0.29, 0.717) is 16.0 Å². The first-order chi connectivity index (χ1) is 11.9. The fraction of sp³-hybridized carbons (Fsp3) is 0.176. The zero-order valence-electron chi connectivity index (χ0n) is 13.3. The maximum atomic E-state index is 13.4. The van der Waals surface area contributed by atoms with Crippen LogP contribution in [0.25, 0.3) is 10.2 Å². The highest BCUT2D eigenvalue weighted by Crippen LogP contribution is 2.18. The van der Waals surface area contributed by atoms with Gasteiger partial charge in [-0.2, -0.15) is 4.99 Å². The van der Waals surface area contributed by atoms with Crippen molar-refractivity contribution in [2.75, 3.05) is 5.75 Å². The Hall–Kier alpha value is -2.32. The Morgan fingerprint density at radius 2 is 1.92 bits per heavy atom. The molecule has 25 heavy (non-hydrogen) atoms. The maximum absolute atomic E-state index is 13.4. The highest BCUT2D eigenvalue weighted by Gasteiger charge is 2.19. The van der Waals surface area contributed by atoms with Gasteiger partial charge in [0.05, 0.1) is 15.1 Å². The van der Waals surface area contributed by atoms with Gasteiger partial charge in [0, 0.05) is 6.54 Å². The van der Waals surface area contributed by atoms with Crippen LogP contribution in [-0.2, 0) is 21.2 Å². The smallest absolute Gasteiger partial charge is 0.263 e. The van der Waals surface area contributed by atoms with Crippen molar-refractivity contribution in [1.82, 2.24) is 4.57 Å². The quantitative estimate of drug-likeness (QED) is 0.701. The number of aromatic nitrogens is 1. The van der Waals surface area contributed by atoms with Gasteiger partial charge in [-0.3, -0.25) is 4.79 Å². The topological polar surface area (TPSA) is 68.5 Å². The van der Waals surface area contributed by atoms with Gasteiger partial charge in [-0.05, 0) is 37.3 Å². The zero-order chi connectivity index (χ0) is 18.0. The summed E-state index contributed by atoms with van der Waals surface area (Å²) in [6, 6.07) is 12.1. The number of hydrogen-bond acceptors (Lipinski definition) is 4. The van der Waals surface area contributed by atoms with Gasteiger partial charge in [0.25, 0.3) is 5.91 Å². The number of hydrogen-bond donors (Lipinski definition) is 0. The molecule has 3 rings (SSSR count). The first-order valence-electron chi connectivity index (χ1n) is 7.55. The molecular weight excluding hydrogens is 363 g/mol. The number of aryl methyl sites for hydroxylation is 1. The minimum absolute atomic E-state index is 0.0836. The number of amides is 1. The molecule has 2 aromatic carbocycles. The number of thiazole rings is 1. The molecule has 0 radical (unpaired) electrons. The van der Waals surface area contributed by atoms with E-state index < -0.39 is 21.5 Å². The van der Waals surface area contributed by atoms with Crippen LogP contribution in [0.3, 0.4) is 0 Å². The molecule has 5 nitrogen and oxygen atoms in total. The van der Waals surface area contributed by atoms with Gasteiger partial charge in [0.2, 0.25) is 0 Å². The number of fused-ring (bicyclic) bond motifs is 1. The predicted octanol–water partition coefficient (Wildman–Crippen LogP) is 2.76. The van der Waals surface area contributed by atoms with Gasteiger partial charge < -0.3 is 4.57 Å². The summed E-state index contributed by atoms with van der Waals surface area (Å²) in [7, 11) is -3.74. The minimum atomic E-state index is -3.74. The van der Waals surface area contributed by atoms with Gasteiger partial charge in [0.15, 0.2) is 14.6 Å². The molecule has 0 spiro atoms. The molecule has 0 N–H and O–H groups in total. The third kappa shape index (κ3) is 3.69. The van der Waals surface area contributed by atoms with Crippen LogP contribution >= 0.6 is 11.3 Å². The number of benzene rings is 2. The van der Waals surface area contributed by atoms with Crippen molar-refractivity contribution in [3.8, 4) is 0 Å². The summed E-state index contributed by atoms with van der Waals surface area (Å²) < 4.78 is 40.3. The molecule has 130 valence electrons. The van der Waals surface area contributed by atoms with Crippen LogP contribution in [0.4, 0.5) is 4.39 Å². The molecule has 1 heterocycles. The summed E-state index contributed by atoms with van der Waals surface area (Å²) in [4.78, 5) is 16.6. The van der Waals surface area contributed by atoms with E-state index in [4.69, 9.17) is 0 Å². The average Bonchev–Trinajstić information content (AvgIpc) is 2.90. The van der Waals surface area contributed by atoms with Gasteiger partial charge in [0.1, 0.15) is 11.6 Å². The summed E-state index contributed by atoms with van der Waals surface area (Å²) in [5, 5.41) is 0. The molecule has 0 aliphatic carbocycles. The molecule has 0 bridgehead atoms. The predicted molar refractivity (Wildman–Crippen MR) is 94.5 cm³/mol. The molecule has 0 atom stereocenters. The van der Waals surface area contributed by atoms with Crippen molar-refractivity contribution < 1.29 is 17.6 Å². The number of sulfone groups is 1. The lowest BCUT2D eigenvalue weighted by atomic mass is 10.3.